The summed E-state index contributed by atoms with van der Waals surface area (Å²) >= 11 is 6.04. The lowest BCUT2D eigenvalue weighted by molar-refractivity contribution is -0.124. The van der Waals surface area contributed by atoms with Crippen LogP contribution in [0.25, 0.3) is 0 Å². The van der Waals surface area contributed by atoms with Gasteiger partial charge < -0.3 is 15.8 Å². The monoisotopic (exact) mass is 284 g/mol. The van der Waals surface area contributed by atoms with Crippen molar-refractivity contribution in [1.82, 2.24) is 5.32 Å². The maximum Gasteiger partial charge on any atom is 0.258 e. The molecule has 1 rings (SSSR count). The predicted molar refractivity (Wildman–Crippen MR) is 77.4 cm³/mol. The van der Waals surface area contributed by atoms with E-state index in [9.17, 15) is 4.79 Å². The van der Waals surface area contributed by atoms with Gasteiger partial charge in [0, 0.05) is 12.1 Å². The summed E-state index contributed by atoms with van der Waals surface area (Å²) in [4.78, 5) is 11.7. The van der Waals surface area contributed by atoms with Crippen LogP contribution in [0.4, 0.5) is 0 Å². The van der Waals surface area contributed by atoms with E-state index >= 15 is 0 Å². The van der Waals surface area contributed by atoms with Crippen LogP contribution in [0.15, 0.2) is 18.2 Å². The Hall–Kier alpha value is -1.26. The first-order chi connectivity index (χ1) is 8.88. The molecule has 0 saturated heterocycles. The molecule has 0 radical (unpaired) electrons. The summed E-state index contributed by atoms with van der Waals surface area (Å²) in [5.41, 5.74) is 6.21. The van der Waals surface area contributed by atoms with E-state index in [0.717, 1.165) is 12.0 Å². The predicted octanol–water partition coefficient (Wildman–Crippen LogP) is 2.48. The van der Waals surface area contributed by atoms with Crippen molar-refractivity contribution in [1.29, 1.82) is 0 Å². The molecular formula is C14H21ClN2O2. The highest BCUT2D eigenvalue weighted by Gasteiger charge is 2.18. The van der Waals surface area contributed by atoms with Crippen LogP contribution in [0.2, 0.25) is 5.02 Å². The summed E-state index contributed by atoms with van der Waals surface area (Å²) in [5.74, 6) is 0.328. The Kier molecular flexibility index (Phi) is 5.63. The lowest BCUT2D eigenvalue weighted by Gasteiger charge is -2.24. The summed E-state index contributed by atoms with van der Waals surface area (Å²) in [7, 11) is 0. The van der Waals surface area contributed by atoms with Gasteiger partial charge in [0.15, 0.2) is 6.61 Å². The maximum absolute atomic E-state index is 11.7. The number of ether oxygens (including phenoxy) is 1. The van der Waals surface area contributed by atoms with Gasteiger partial charge in [0.05, 0.1) is 5.02 Å². The van der Waals surface area contributed by atoms with Crippen LogP contribution in [0, 0.1) is 0 Å². The zero-order valence-corrected chi connectivity index (χ0v) is 12.4. The first-order valence-electron chi connectivity index (χ1n) is 6.30. The fourth-order valence-corrected chi connectivity index (χ4v) is 1.69. The zero-order valence-electron chi connectivity index (χ0n) is 11.6. The number of nitrogens with two attached hydrogens (primary N) is 1. The number of amides is 1. The number of nitrogens with one attached hydrogen (secondary N) is 1. The Bertz CT molecular complexity index is 447. The molecule has 0 bridgehead atoms. The molecule has 0 aliphatic heterocycles. The van der Waals surface area contributed by atoms with Gasteiger partial charge in [-0.25, -0.2) is 0 Å². The van der Waals surface area contributed by atoms with Crippen LogP contribution in [-0.4, -0.2) is 18.1 Å². The average Bonchev–Trinajstić information content (AvgIpc) is 2.36. The third-order valence-corrected chi connectivity index (χ3v) is 3.25. The lowest BCUT2D eigenvalue weighted by Crippen LogP contribution is -2.44. The van der Waals surface area contributed by atoms with Gasteiger partial charge in [-0.3, -0.25) is 4.79 Å². The maximum atomic E-state index is 11.7. The summed E-state index contributed by atoms with van der Waals surface area (Å²) in [6, 6.07) is 5.29. The zero-order chi connectivity index (χ0) is 14.5. The molecule has 0 heterocycles. The Morgan fingerprint density at radius 2 is 2.16 bits per heavy atom. The largest absolute Gasteiger partial charge is 0.482 e. The molecule has 0 aliphatic rings. The van der Waals surface area contributed by atoms with Crippen molar-refractivity contribution in [3.8, 4) is 5.75 Å². The minimum atomic E-state index is -0.229. The van der Waals surface area contributed by atoms with Crippen LogP contribution in [0.3, 0.4) is 0 Å². The molecule has 0 aromatic heterocycles. The van der Waals surface area contributed by atoms with Gasteiger partial charge >= 0.3 is 0 Å². The second-order valence-corrected chi connectivity index (χ2v) is 5.45. The van der Waals surface area contributed by atoms with Crippen molar-refractivity contribution in [2.45, 2.75) is 39.3 Å². The van der Waals surface area contributed by atoms with Crippen molar-refractivity contribution in [2.24, 2.45) is 5.73 Å². The van der Waals surface area contributed by atoms with Gasteiger partial charge in [0.2, 0.25) is 0 Å². The molecule has 0 fully saturated rings. The van der Waals surface area contributed by atoms with Gasteiger partial charge in [0.25, 0.3) is 5.91 Å². The molecule has 0 atom stereocenters. The minimum Gasteiger partial charge on any atom is -0.482 e. The van der Waals surface area contributed by atoms with Gasteiger partial charge in [-0.2, -0.15) is 0 Å². The fraction of sp³-hybridized carbons (Fsp3) is 0.500. The third-order valence-electron chi connectivity index (χ3n) is 2.95. The Labute approximate surface area is 119 Å². The molecule has 4 nitrogen and oxygen atoms in total. The Balaban J connectivity index is 2.55. The second-order valence-electron chi connectivity index (χ2n) is 5.04. The molecular weight excluding hydrogens is 264 g/mol. The first kappa shape index (κ1) is 15.8. The number of benzene rings is 1. The van der Waals surface area contributed by atoms with E-state index in [4.69, 9.17) is 22.1 Å². The smallest absolute Gasteiger partial charge is 0.258 e. The van der Waals surface area contributed by atoms with Crippen LogP contribution >= 0.6 is 11.6 Å². The number of rotatable bonds is 6. The number of carbonyl (C=O) groups excluding carboxylic acids is 1. The van der Waals surface area contributed by atoms with Crippen molar-refractivity contribution in [3.63, 3.8) is 0 Å². The molecule has 106 valence electrons. The number of hydrogen-bond donors (Lipinski definition) is 2. The molecule has 0 unspecified atom stereocenters. The van der Waals surface area contributed by atoms with Crippen LogP contribution in [0.1, 0.15) is 32.8 Å². The molecule has 0 saturated carbocycles. The molecule has 1 amide bonds. The highest BCUT2D eigenvalue weighted by molar-refractivity contribution is 6.32. The first-order valence-corrected chi connectivity index (χ1v) is 6.68. The van der Waals surface area contributed by atoms with Crippen molar-refractivity contribution in [3.05, 3.63) is 28.8 Å². The number of hydrogen-bond acceptors (Lipinski definition) is 3. The highest BCUT2D eigenvalue weighted by atomic mass is 35.5. The SMILES string of the molecule is CCC(C)(C)NC(=O)COc1ccc(CN)cc1Cl. The van der Waals surface area contributed by atoms with Gasteiger partial charge in [0.1, 0.15) is 5.75 Å². The highest BCUT2D eigenvalue weighted by Crippen LogP contribution is 2.25. The van der Waals surface area contributed by atoms with Gasteiger partial charge in [-0.05, 0) is 38.0 Å². The quantitative estimate of drug-likeness (QED) is 0.843. The minimum absolute atomic E-state index is 0.0505. The average molecular weight is 285 g/mol. The molecule has 1 aromatic carbocycles. The van der Waals surface area contributed by atoms with E-state index in [-0.39, 0.29) is 18.1 Å². The summed E-state index contributed by atoms with van der Waals surface area (Å²) in [6.45, 7) is 6.32. The summed E-state index contributed by atoms with van der Waals surface area (Å²) < 4.78 is 5.40. The summed E-state index contributed by atoms with van der Waals surface area (Å²) in [5, 5.41) is 3.35. The van der Waals surface area contributed by atoms with Crippen LogP contribution < -0.4 is 15.8 Å². The molecule has 1 aromatic rings. The van der Waals surface area contributed by atoms with Crippen molar-refractivity contribution in [2.75, 3.05) is 6.61 Å². The topological polar surface area (TPSA) is 64.3 Å². The van der Waals surface area contributed by atoms with E-state index < -0.39 is 0 Å². The second kappa shape index (κ2) is 6.78. The molecule has 3 N–H and O–H groups in total. The van der Waals surface area contributed by atoms with E-state index in [1.165, 1.54) is 0 Å². The van der Waals surface area contributed by atoms with Gasteiger partial charge in [-0.1, -0.05) is 24.6 Å². The van der Waals surface area contributed by atoms with Crippen LogP contribution in [0.5, 0.6) is 5.75 Å². The van der Waals surface area contributed by atoms with Crippen LogP contribution in [-0.2, 0) is 11.3 Å². The number of carbonyl (C=O) groups is 1. The molecule has 0 spiro atoms. The van der Waals surface area contributed by atoms with E-state index in [1.807, 2.05) is 26.8 Å². The Morgan fingerprint density at radius 1 is 1.47 bits per heavy atom. The lowest BCUT2D eigenvalue weighted by atomic mass is 10.0. The molecule has 5 heteroatoms. The number of halogens is 1. The van der Waals surface area contributed by atoms with Crippen molar-refractivity contribution < 1.29 is 9.53 Å². The normalized spacial score (nSPS) is 11.2. The summed E-state index contributed by atoms with van der Waals surface area (Å²) in [6.07, 6.45) is 0.852. The molecule has 0 aliphatic carbocycles. The van der Waals surface area contributed by atoms with Crippen molar-refractivity contribution >= 4 is 17.5 Å². The van der Waals surface area contributed by atoms with E-state index in [0.29, 0.717) is 17.3 Å². The van der Waals surface area contributed by atoms with E-state index in [2.05, 4.69) is 5.32 Å². The van der Waals surface area contributed by atoms with E-state index in [1.54, 1.807) is 12.1 Å². The molecule has 19 heavy (non-hydrogen) atoms. The fourth-order valence-electron chi connectivity index (χ4n) is 1.43. The van der Waals surface area contributed by atoms with Gasteiger partial charge in [-0.15, -0.1) is 0 Å². The Morgan fingerprint density at radius 3 is 2.68 bits per heavy atom. The standard InChI is InChI=1S/C14H21ClN2O2/c1-4-14(2,3)17-13(18)9-19-12-6-5-10(8-16)7-11(12)15/h5-7H,4,8-9,16H2,1-3H3,(H,17,18). The third kappa shape index (κ3) is 5.09.